The van der Waals surface area contributed by atoms with Crippen LogP contribution in [0.15, 0.2) is 16.5 Å². The monoisotopic (exact) mass is 326 g/mol. The normalized spacial score (nSPS) is 10.5. The van der Waals surface area contributed by atoms with Crippen molar-refractivity contribution in [1.29, 1.82) is 0 Å². The fourth-order valence-corrected chi connectivity index (χ4v) is 3.54. The molecule has 0 saturated heterocycles. The molecule has 2 aromatic rings. The van der Waals surface area contributed by atoms with Crippen LogP contribution in [0.3, 0.4) is 0 Å². The van der Waals surface area contributed by atoms with E-state index >= 15 is 0 Å². The van der Waals surface area contributed by atoms with Crippen LogP contribution >= 0.6 is 23.1 Å². The number of methoxy groups -OCH3 is 3. The molecule has 0 amide bonds. The molecule has 0 bridgehead atoms. The minimum atomic E-state index is 0.578. The van der Waals surface area contributed by atoms with Gasteiger partial charge in [-0.2, -0.15) is 0 Å². The number of nitrogens with zero attached hydrogens (tertiary/aromatic N) is 2. The topological polar surface area (TPSA) is 53.5 Å². The van der Waals surface area contributed by atoms with Gasteiger partial charge < -0.3 is 14.2 Å². The van der Waals surface area contributed by atoms with E-state index in [0.717, 1.165) is 27.1 Å². The molecule has 0 saturated carbocycles. The van der Waals surface area contributed by atoms with Crippen molar-refractivity contribution in [2.24, 2.45) is 0 Å². The van der Waals surface area contributed by atoms with E-state index in [4.69, 9.17) is 14.2 Å². The highest BCUT2D eigenvalue weighted by atomic mass is 32.2. The van der Waals surface area contributed by atoms with Gasteiger partial charge in [-0.25, -0.2) is 0 Å². The summed E-state index contributed by atoms with van der Waals surface area (Å²) in [6.45, 7) is 2.15. The average Bonchev–Trinajstić information content (AvgIpc) is 3.00. The zero-order valence-electron chi connectivity index (χ0n) is 12.5. The van der Waals surface area contributed by atoms with Crippen LogP contribution in [-0.4, -0.2) is 37.3 Å². The summed E-state index contributed by atoms with van der Waals surface area (Å²) < 4.78 is 17.0. The highest BCUT2D eigenvalue weighted by molar-refractivity contribution is 8.01. The molecular weight excluding hydrogens is 308 g/mol. The maximum Gasteiger partial charge on any atom is 0.203 e. The Morgan fingerprint density at radius 2 is 1.71 bits per heavy atom. The molecule has 0 N–H and O–H groups in total. The maximum atomic E-state index is 5.36. The van der Waals surface area contributed by atoms with Crippen molar-refractivity contribution in [3.8, 4) is 27.8 Å². The summed E-state index contributed by atoms with van der Waals surface area (Å²) in [5.74, 6) is 2.85. The molecule has 1 aromatic heterocycles. The summed E-state index contributed by atoms with van der Waals surface area (Å²) in [4.78, 5) is 0. The van der Waals surface area contributed by atoms with Crippen LogP contribution in [0.1, 0.15) is 13.3 Å². The van der Waals surface area contributed by atoms with Crippen LogP contribution in [-0.2, 0) is 0 Å². The molecule has 0 aliphatic carbocycles. The van der Waals surface area contributed by atoms with E-state index in [-0.39, 0.29) is 0 Å². The number of benzene rings is 1. The van der Waals surface area contributed by atoms with Gasteiger partial charge in [0, 0.05) is 11.3 Å². The van der Waals surface area contributed by atoms with E-state index in [1.165, 1.54) is 0 Å². The second-order valence-electron chi connectivity index (χ2n) is 4.14. The number of aromatic nitrogens is 2. The second kappa shape index (κ2) is 7.51. The van der Waals surface area contributed by atoms with Crippen LogP contribution in [0.5, 0.6) is 17.2 Å². The predicted octanol–water partition coefficient (Wildman–Crippen LogP) is 3.73. The summed E-state index contributed by atoms with van der Waals surface area (Å²) in [6.07, 6.45) is 1.11. The highest BCUT2D eigenvalue weighted by Gasteiger charge is 2.16. The molecule has 21 heavy (non-hydrogen) atoms. The molecular formula is C14H18N2O3S2. The largest absolute Gasteiger partial charge is 0.493 e. The number of hydrogen-bond acceptors (Lipinski definition) is 7. The number of thioether (sulfide) groups is 1. The van der Waals surface area contributed by atoms with Gasteiger partial charge in [0.2, 0.25) is 5.75 Å². The molecule has 0 fully saturated rings. The molecule has 0 radical (unpaired) electrons. The molecule has 7 heteroatoms. The Balaban J connectivity index is 2.37. The van der Waals surface area contributed by atoms with Crippen LogP contribution < -0.4 is 14.2 Å². The zero-order valence-corrected chi connectivity index (χ0v) is 14.1. The summed E-state index contributed by atoms with van der Waals surface area (Å²) in [5.41, 5.74) is 0.908. The van der Waals surface area contributed by atoms with E-state index in [9.17, 15) is 0 Å². The molecule has 0 aliphatic heterocycles. The summed E-state index contributed by atoms with van der Waals surface area (Å²) >= 11 is 3.29. The van der Waals surface area contributed by atoms with Crippen LogP contribution in [0, 0.1) is 0 Å². The summed E-state index contributed by atoms with van der Waals surface area (Å²) in [6, 6.07) is 3.77. The van der Waals surface area contributed by atoms with E-state index in [0.29, 0.717) is 17.2 Å². The molecule has 0 spiro atoms. The van der Waals surface area contributed by atoms with Gasteiger partial charge in [-0.15, -0.1) is 10.2 Å². The number of ether oxygens (including phenoxy) is 3. The maximum absolute atomic E-state index is 5.36. The first-order valence-corrected chi connectivity index (χ1v) is 8.30. The Morgan fingerprint density at radius 1 is 1.05 bits per heavy atom. The van der Waals surface area contributed by atoms with Gasteiger partial charge >= 0.3 is 0 Å². The number of rotatable bonds is 7. The highest BCUT2D eigenvalue weighted by Crippen LogP contribution is 2.42. The van der Waals surface area contributed by atoms with Crippen molar-refractivity contribution >= 4 is 23.1 Å². The van der Waals surface area contributed by atoms with Crippen LogP contribution in [0.4, 0.5) is 0 Å². The summed E-state index contributed by atoms with van der Waals surface area (Å²) in [5, 5.41) is 9.28. The quantitative estimate of drug-likeness (QED) is 0.723. The van der Waals surface area contributed by atoms with Gasteiger partial charge in [0.05, 0.1) is 21.3 Å². The first-order valence-electron chi connectivity index (χ1n) is 6.50. The summed E-state index contributed by atoms with van der Waals surface area (Å²) in [7, 11) is 4.79. The third-order valence-electron chi connectivity index (χ3n) is 2.75. The lowest BCUT2D eigenvalue weighted by atomic mass is 10.2. The van der Waals surface area contributed by atoms with Crippen LogP contribution in [0.25, 0.3) is 10.6 Å². The van der Waals surface area contributed by atoms with Gasteiger partial charge in [0.1, 0.15) is 5.01 Å². The third-order valence-corrected chi connectivity index (χ3v) is 5.06. The lowest BCUT2D eigenvalue weighted by Gasteiger charge is -2.12. The fraction of sp³-hybridized carbons (Fsp3) is 0.429. The molecule has 1 aromatic carbocycles. The Kier molecular flexibility index (Phi) is 5.69. The average molecular weight is 326 g/mol. The van der Waals surface area contributed by atoms with E-state index in [1.54, 1.807) is 44.4 Å². The molecule has 2 rings (SSSR count). The zero-order chi connectivity index (χ0) is 15.2. The van der Waals surface area contributed by atoms with Crippen LogP contribution in [0.2, 0.25) is 0 Å². The number of hydrogen-bond donors (Lipinski definition) is 0. The van der Waals surface area contributed by atoms with E-state index in [2.05, 4.69) is 17.1 Å². The Labute approximate surface area is 132 Å². The second-order valence-corrected chi connectivity index (χ2v) is 6.46. The van der Waals surface area contributed by atoms with Crippen molar-refractivity contribution in [2.45, 2.75) is 17.7 Å². The van der Waals surface area contributed by atoms with Crippen molar-refractivity contribution in [3.05, 3.63) is 12.1 Å². The minimum Gasteiger partial charge on any atom is -0.493 e. The van der Waals surface area contributed by atoms with Gasteiger partial charge in [0.25, 0.3) is 0 Å². The van der Waals surface area contributed by atoms with Crippen molar-refractivity contribution < 1.29 is 14.2 Å². The Morgan fingerprint density at radius 3 is 2.24 bits per heavy atom. The Bertz CT molecular complexity index is 577. The molecule has 0 unspecified atom stereocenters. The first kappa shape index (κ1) is 15.9. The third kappa shape index (κ3) is 3.59. The molecule has 1 heterocycles. The SMILES string of the molecule is CCCSc1nnc(-c2cc(OC)c(OC)c(OC)c2)s1. The van der Waals surface area contributed by atoms with Crippen molar-refractivity contribution in [2.75, 3.05) is 27.1 Å². The molecule has 0 aliphatic rings. The standard InChI is InChI=1S/C14H18N2O3S2/c1-5-6-20-14-16-15-13(21-14)9-7-10(17-2)12(19-4)11(8-9)18-3/h7-8H,5-6H2,1-4H3. The van der Waals surface area contributed by atoms with E-state index < -0.39 is 0 Å². The predicted molar refractivity (Wildman–Crippen MR) is 86.0 cm³/mol. The smallest absolute Gasteiger partial charge is 0.203 e. The molecule has 114 valence electrons. The van der Waals surface area contributed by atoms with Gasteiger partial charge in [-0.3, -0.25) is 0 Å². The molecule has 5 nitrogen and oxygen atoms in total. The lowest BCUT2D eigenvalue weighted by Crippen LogP contribution is -1.95. The van der Waals surface area contributed by atoms with E-state index in [1.807, 2.05) is 12.1 Å². The van der Waals surface area contributed by atoms with Gasteiger partial charge in [-0.05, 0) is 18.6 Å². The van der Waals surface area contributed by atoms with Crippen molar-refractivity contribution in [3.63, 3.8) is 0 Å². The lowest BCUT2D eigenvalue weighted by molar-refractivity contribution is 0.324. The Hall–Kier alpha value is -1.47. The molecule has 0 atom stereocenters. The first-order chi connectivity index (χ1) is 10.2. The van der Waals surface area contributed by atoms with Gasteiger partial charge in [0.15, 0.2) is 15.8 Å². The fourth-order valence-electron chi connectivity index (χ4n) is 1.78. The minimum absolute atomic E-state index is 0.578. The van der Waals surface area contributed by atoms with Crippen molar-refractivity contribution in [1.82, 2.24) is 10.2 Å². The van der Waals surface area contributed by atoms with Gasteiger partial charge in [-0.1, -0.05) is 30.0 Å².